The summed E-state index contributed by atoms with van der Waals surface area (Å²) in [5.41, 5.74) is 4.36. The van der Waals surface area contributed by atoms with E-state index in [-0.39, 0.29) is 18.9 Å². The Kier molecular flexibility index (Phi) is 3.57. The Hall–Kier alpha value is -3.08. The number of carbonyl (C=O) groups is 2. The van der Waals surface area contributed by atoms with Gasteiger partial charge >= 0.3 is 5.97 Å². The normalized spacial score (nSPS) is 16.2. The summed E-state index contributed by atoms with van der Waals surface area (Å²) in [7, 11) is 0. The van der Waals surface area contributed by atoms with E-state index in [0.29, 0.717) is 11.3 Å². The molecule has 4 rings (SSSR count). The number of nitrogens with zero attached hydrogens (tertiary/aromatic N) is 1. The zero-order valence-corrected chi connectivity index (χ0v) is 13.8. The molecular weight excluding hydrogens is 316 g/mol. The third-order valence-corrected chi connectivity index (χ3v) is 4.92. The predicted octanol–water partition coefficient (Wildman–Crippen LogP) is 3.23. The minimum absolute atomic E-state index is 0.0796. The lowest BCUT2D eigenvalue weighted by atomic mass is 10.0. The number of carbonyl (C=O) groups excluding carboxylic acids is 1. The number of fused-ring (bicyclic) bond motifs is 2. The minimum atomic E-state index is -0.897. The Bertz CT molecular complexity index is 990. The first-order chi connectivity index (χ1) is 12.1. The lowest BCUT2D eigenvalue weighted by Crippen LogP contribution is -2.32. The maximum atomic E-state index is 13.0. The highest BCUT2D eigenvalue weighted by molar-refractivity contribution is 6.01. The zero-order valence-electron chi connectivity index (χ0n) is 13.8. The van der Waals surface area contributed by atoms with Gasteiger partial charge in [0.1, 0.15) is 5.92 Å². The van der Waals surface area contributed by atoms with Crippen LogP contribution in [-0.4, -0.2) is 28.5 Å². The summed E-state index contributed by atoms with van der Waals surface area (Å²) in [6, 6.07) is 15.2. The first-order valence-electron chi connectivity index (χ1n) is 8.24. The SMILES string of the molecule is Cc1[nH]c2ccccc2c1CC(=O)N1C[C@H](C(=O)O)c2ccccc21. The lowest BCUT2D eigenvalue weighted by molar-refractivity contribution is -0.138. The molecule has 2 N–H and O–H groups in total. The van der Waals surface area contributed by atoms with E-state index in [0.717, 1.165) is 22.2 Å². The monoisotopic (exact) mass is 334 g/mol. The highest BCUT2D eigenvalue weighted by atomic mass is 16.4. The van der Waals surface area contributed by atoms with Crippen LogP contribution in [0.4, 0.5) is 5.69 Å². The first kappa shape index (κ1) is 15.4. The molecule has 1 aliphatic heterocycles. The summed E-state index contributed by atoms with van der Waals surface area (Å²) in [6.07, 6.45) is 0.247. The van der Waals surface area contributed by atoms with Crippen LogP contribution >= 0.6 is 0 Å². The number of H-pyrrole nitrogens is 1. The van der Waals surface area contributed by atoms with Gasteiger partial charge in [-0.25, -0.2) is 0 Å². The van der Waals surface area contributed by atoms with Crippen LogP contribution in [0.15, 0.2) is 48.5 Å². The third-order valence-electron chi connectivity index (χ3n) is 4.92. The molecule has 1 atom stereocenters. The summed E-state index contributed by atoms with van der Waals surface area (Å²) in [6.45, 7) is 2.15. The van der Waals surface area contributed by atoms with E-state index in [1.54, 1.807) is 11.0 Å². The highest BCUT2D eigenvalue weighted by Gasteiger charge is 2.36. The fraction of sp³-hybridized carbons (Fsp3) is 0.200. The lowest BCUT2D eigenvalue weighted by Gasteiger charge is -2.17. The fourth-order valence-corrected chi connectivity index (χ4v) is 3.66. The Morgan fingerprint density at radius 3 is 2.68 bits per heavy atom. The van der Waals surface area contributed by atoms with Gasteiger partial charge in [-0.2, -0.15) is 0 Å². The molecule has 0 spiro atoms. The molecule has 0 bridgehead atoms. The molecule has 0 saturated carbocycles. The van der Waals surface area contributed by atoms with Crippen molar-refractivity contribution >= 4 is 28.5 Å². The molecular formula is C20H18N2O3. The van der Waals surface area contributed by atoms with Gasteiger partial charge in [0.15, 0.2) is 0 Å². The van der Waals surface area contributed by atoms with Crippen LogP contribution in [0.25, 0.3) is 10.9 Å². The van der Waals surface area contributed by atoms with Crippen LogP contribution in [0.5, 0.6) is 0 Å². The van der Waals surface area contributed by atoms with Crippen LogP contribution in [0.2, 0.25) is 0 Å². The third kappa shape index (κ3) is 2.48. The van der Waals surface area contributed by atoms with Gasteiger partial charge in [-0.15, -0.1) is 0 Å². The quantitative estimate of drug-likeness (QED) is 0.772. The number of hydrogen-bond donors (Lipinski definition) is 2. The number of carboxylic acids is 1. The molecule has 5 nitrogen and oxygen atoms in total. The molecule has 0 aliphatic carbocycles. The Balaban J connectivity index is 1.68. The van der Waals surface area contributed by atoms with Gasteiger partial charge in [-0.05, 0) is 30.2 Å². The number of amides is 1. The van der Waals surface area contributed by atoms with Crippen molar-refractivity contribution in [2.75, 3.05) is 11.4 Å². The standard InChI is InChI=1S/C20H18N2O3/c1-12-15(13-6-2-4-8-17(13)21-12)10-19(23)22-11-16(20(24)25)14-7-3-5-9-18(14)22/h2-9,16,21H,10-11H2,1H3,(H,24,25)/t16-/m0/s1. The van der Waals surface area contributed by atoms with Crippen LogP contribution in [0.3, 0.4) is 0 Å². The second-order valence-electron chi connectivity index (χ2n) is 6.40. The maximum absolute atomic E-state index is 13.0. The van der Waals surface area contributed by atoms with Crippen molar-refractivity contribution in [3.05, 3.63) is 65.4 Å². The number of aromatic amines is 1. The minimum Gasteiger partial charge on any atom is -0.481 e. The molecule has 0 saturated heterocycles. The van der Waals surface area contributed by atoms with Crippen LogP contribution in [0, 0.1) is 6.92 Å². The molecule has 0 unspecified atom stereocenters. The summed E-state index contributed by atoms with van der Waals surface area (Å²) >= 11 is 0. The van der Waals surface area contributed by atoms with E-state index in [4.69, 9.17) is 0 Å². The van der Waals surface area contributed by atoms with Gasteiger partial charge in [0.05, 0.1) is 6.42 Å². The molecule has 126 valence electrons. The van der Waals surface area contributed by atoms with Gasteiger partial charge in [0, 0.05) is 28.8 Å². The van der Waals surface area contributed by atoms with E-state index < -0.39 is 11.9 Å². The molecule has 1 aromatic heterocycles. The number of aryl methyl sites for hydroxylation is 1. The molecule has 2 aromatic carbocycles. The van der Waals surface area contributed by atoms with Crippen LogP contribution in [0.1, 0.15) is 22.7 Å². The summed E-state index contributed by atoms with van der Waals surface area (Å²) in [5.74, 6) is -1.64. The van der Waals surface area contributed by atoms with Crippen molar-refractivity contribution in [3.8, 4) is 0 Å². The number of carboxylic acid groups (broad SMARTS) is 1. The molecule has 5 heteroatoms. The fourth-order valence-electron chi connectivity index (χ4n) is 3.66. The van der Waals surface area contributed by atoms with Crippen molar-refractivity contribution in [1.29, 1.82) is 0 Å². The van der Waals surface area contributed by atoms with Crippen molar-refractivity contribution < 1.29 is 14.7 Å². The number of hydrogen-bond acceptors (Lipinski definition) is 2. The first-order valence-corrected chi connectivity index (χ1v) is 8.24. The molecule has 1 aliphatic rings. The number of aliphatic carboxylic acids is 1. The molecule has 25 heavy (non-hydrogen) atoms. The second-order valence-corrected chi connectivity index (χ2v) is 6.40. The topological polar surface area (TPSA) is 73.4 Å². The molecule has 0 fully saturated rings. The second kappa shape index (κ2) is 5.77. The van der Waals surface area contributed by atoms with E-state index >= 15 is 0 Å². The van der Waals surface area contributed by atoms with Crippen LogP contribution < -0.4 is 4.90 Å². The van der Waals surface area contributed by atoms with Crippen molar-refractivity contribution in [2.45, 2.75) is 19.3 Å². The summed E-state index contributed by atoms with van der Waals surface area (Å²) < 4.78 is 0. The predicted molar refractivity (Wildman–Crippen MR) is 95.9 cm³/mol. The van der Waals surface area contributed by atoms with Crippen molar-refractivity contribution in [3.63, 3.8) is 0 Å². The molecule has 2 heterocycles. The Labute approximate surface area is 144 Å². The zero-order chi connectivity index (χ0) is 17.6. The van der Waals surface area contributed by atoms with Crippen molar-refractivity contribution in [1.82, 2.24) is 4.98 Å². The van der Waals surface area contributed by atoms with Gasteiger partial charge in [-0.3, -0.25) is 9.59 Å². The van der Waals surface area contributed by atoms with Gasteiger partial charge in [0.2, 0.25) is 5.91 Å². The molecule has 1 amide bonds. The number of aromatic nitrogens is 1. The summed E-state index contributed by atoms with van der Waals surface area (Å²) in [4.78, 5) is 29.4. The number of para-hydroxylation sites is 2. The van der Waals surface area contributed by atoms with E-state index in [9.17, 15) is 14.7 Å². The number of benzene rings is 2. The highest BCUT2D eigenvalue weighted by Crippen LogP contribution is 2.37. The average Bonchev–Trinajstić information content (AvgIpc) is 3.14. The molecule has 0 radical (unpaired) electrons. The Morgan fingerprint density at radius 1 is 1.16 bits per heavy atom. The number of rotatable bonds is 3. The smallest absolute Gasteiger partial charge is 0.312 e. The largest absolute Gasteiger partial charge is 0.481 e. The Morgan fingerprint density at radius 2 is 1.88 bits per heavy atom. The van der Waals surface area contributed by atoms with Gasteiger partial charge in [-0.1, -0.05) is 36.4 Å². The van der Waals surface area contributed by atoms with E-state index in [2.05, 4.69) is 4.98 Å². The van der Waals surface area contributed by atoms with E-state index in [1.807, 2.05) is 49.4 Å². The van der Waals surface area contributed by atoms with Gasteiger partial charge < -0.3 is 15.0 Å². The number of anilines is 1. The summed E-state index contributed by atoms with van der Waals surface area (Å²) in [5, 5.41) is 10.5. The van der Waals surface area contributed by atoms with Crippen molar-refractivity contribution in [2.24, 2.45) is 0 Å². The van der Waals surface area contributed by atoms with Crippen LogP contribution in [-0.2, 0) is 16.0 Å². The van der Waals surface area contributed by atoms with Gasteiger partial charge in [0.25, 0.3) is 0 Å². The molecule has 3 aromatic rings. The van der Waals surface area contributed by atoms with E-state index in [1.165, 1.54) is 0 Å². The average molecular weight is 334 g/mol. The number of nitrogens with one attached hydrogen (secondary N) is 1. The maximum Gasteiger partial charge on any atom is 0.312 e.